The maximum atomic E-state index is 4.21. The van der Waals surface area contributed by atoms with Crippen molar-refractivity contribution in [1.29, 1.82) is 0 Å². The summed E-state index contributed by atoms with van der Waals surface area (Å²) in [5.74, 6) is 0.713. The molecule has 1 aromatic carbocycles. The zero-order valence-electron chi connectivity index (χ0n) is 8.91. The van der Waals surface area contributed by atoms with Gasteiger partial charge in [-0.2, -0.15) is 0 Å². The molecule has 0 radical (unpaired) electrons. The third kappa shape index (κ3) is 6.59. The van der Waals surface area contributed by atoms with Gasteiger partial charge in [-0.1, -0.05) is 6.07 Å². The maximum Gasteiger partial charge on any atom is 0.142 e. The van der Waals surface area contributed by atoms with Crippen molar-refractivity contribution >= 4 is 36.8 Å². The molecule has 0 unspecified atom stereocenters. The zero-order valence-corrected chi connectivity index (χ0v) is 12.1. The van der Waals surface area contributed by atoms with Gasteiger partial charge in [0.15, 0.2) is 0 Å². The molecule has 0 spiro atoms. The summed E-state index contributed by atoms with van der Waals surface area (Å²) in [5, 5.41) is 0. The summed E-state index contributed by atoms with van der Waals surface area (Å²) in [7, 11) is 0. The first-order valence-corrected chi connectivity index (χ1v) is 4.37. The van der Waals surface area contributed by atoms with Crippen molar-refractivity contribution in [3.05, 3.63) is 60.3 Å². The topological polar surface area (TPSA) is 25.2 Å². The van der Waals surface area contributed by atoms with Gasteiger partial charge in [0.2, 0.25) is 0 Å². The fraction of sp³-hybridized carbons (Fsp3) is 0. The molecule has 0 aliphatic carbocycles. The van der Waals surface area contributed by atoms with Crippen LogP contribution in [0.25, 0.3) is 0 Å². The maximum absolute atomic E-state index is 4.21. The number of pyridine rings is 1. The van der Waals surface area contributed by atoms with Gasteiger partial charge in [0.25, 0.3) is 0 Å². The summed E-state index contributed by atoms with van der Waals surface area (Å²) in [5.41, 5.74) is 0.957. The quantitative estimate of drug-likeness (QED) is 0.474. The van der Waals surface area contributed by atoms with Crippen LogP contribution in [0.2, 0.25) is 0 Å². The van der Waals surface area contributed by atoms with Gasteiger partial charge in [-0.05, 0) is 18.3 Å². The molecule has 88 valence electrons. The molecule has 2 nitrogen and oxygen atoms in total. The Balaban J connectivity index is 0. The minimum Gasteiger partial charge on any atom is -0.287 e. The number of rotatable bonds is 2. The minimum absolute atomic E-state index is 0. The first kappa shape index (κ1) is 18.7. The summed E-state index contributed by atoms with van der Waals surface area (Å²) < 4.78 is 0. The van der Waals surface area contributed by atoms with Crippen LogP contribution < -0.4 is 0 Å². The summed E-state index contributed by atoms with van der Waals surface area (Å²) >= 11 is 0. The Kier molecular flexibility index (Phi) is 11.5. The van der Waals surface area contributed by atoms with E-state index in [1.165, 1.54) is 0 Å². The Morgan fingerprint density at radius 3 is 2.41 bits per heavy atom. The van der Waals surface area contributed by atoms with E-state index in [4.69, 9.17) is 0 Å². The second-order valence-electron chi connectivity index (χ2n) is 2.76. The third-order valence-corrected chi connectivity index (χ3v) is 1.72. The van der Waals surface area contributed by atoms with E-state index >= 15 is 0 Å². The number of aliphatic imine (C=N–C) groups is 1. The van der Waals surface area contributed by atoms with Crippen LogP contribution in [0.3, 0.4) is 0 Å². The van der Waals surface area contributed by atoms with Gasteiger partial charge in [0.1, 0.15) is 5.82 Å². The van der Waals surface area contributed by atoms with E-state index in [0.717, 1.165) is 5.56 Å². The van der Waals surface area contributed by atoms with Gasteiger partial charge in [-0.3, -0.25) is 4.99 Å². The predicted molar refractivity (Wildman–Crippen MR) is 71.3 cm³/mol. The SMILES string of the molecule is Cl.Cl.[Ti].[c-]1ccccc1C=Nc1ccccn1. The van der Waals surface area contributed by atoms with Gasteiger partial charge in [0.05, 0.1) is 0 Å². The van der Waals surface area contributed by atoms with Crippen LogP contribution in [0.15, 0.2) is 53.7 Å². The van der Waals surface area contributed by atoms with Crippen LogP contribution in [0.5, 0.6) is 0 Å². The van der Waals surface area contributed by atoms with E-state index in [0.29, 0.717) is 5.82 Å². The molecule has 5 heteroatoms. The van der Waals surface area contributed by atoms with Crippen molar-refractivity contribution in [3.63, 3.8) is 0 Å². The molecule has 1 heterocycles. The zero-order chi connectivity index (χ0) is 9.64. The molecule has 0 saturated heterocycles. The average Bonchev–Trinajstić information content (AvgIpc) is 2.29. The molecular formula is C12H11Cl2N2Ti-. The Morgan fingerprint density at radius 2 is 1.82 bits per heavy atom. The number of aromatic nitrogens is 1. The van der Waals surface area contributed by atoms with Gasteiger partial charge in [0, 0.05) is 27.9 Å². The van der Waals surface area contributed by atoms with Crippen LogP contribution in [-0.4, -0.2) is 11.2 Å². The average molecular weight is 302 g/mol. The fourth-order valence-electron chi connectivity index (χ4n) is 1.05. The summed E-state index contributed by atoms with van der Waals surface area (Å²) in [4.78, 5) is 8.29. The smallest absolute Gasteiger partial charge is 0.142 e. The van der Waals surface area contributed by atoms with Crippen LogP contribution in [0, 0.1) is 6.07 Å². The molecule has 0 aliphatic heterocycles. The number of hydrogen-bond acceptors (Lipinski definition) is 2. The first-order valence-electron chi connectivity index (χ1n) is 4.37. The predicted octanol–water partition coefficient (Wildman–Crippen LogP) is 3.47. The van der Waals surface area contributed by atoms with Crippen molar-refractivity contribution in [1.82, 2.24) is 4.98 Å². The second kappa shape index (κ2) is 10.5. The van der Waals surface area contributed by atoms with Gasteiger partial charge < -0.3 is 0 Å². The van der Waals surface area contributed by atoms with Gasteiger partial charge >= 0.3 is 0 Å². The van der Waals surface area contributed by atoms with Crippen molar-refractivity contribution in [3.8, 4) is 0 Å². The molecule has 0 bridgehead atoms. The number of hydrogen-bond donors (Lipinski definition) is 0. The first-order chi connectivity index (χ1) is 6.95. The van der Waals surface area contributed by atoms with Crippen LogP contribution >= 0.6 is 24.8 Å². The molecule has 1 aromatic heterocycles. The molecular weight excluding hydrogens is 291 g/mol. The van der Waals surface area contributed by atoms with Gasteiger partial charge in [-0.15, -0.1) is 60.7 Å². The Morgan fingerprint density at radius 1 is 1.06 bits per heavy atom. The molecule has 0 saturated carbocycles. The molecule has 0 N–H and O–H groups in total. The summed E-state index contributed by atoms with van der Waals surface area (Å²) in [6.07, 6.45) is 3.48. The summed E-state index contributed by atoms with van der Waals surface area (Å²) in [6, 6.07) is 16.4. The van der Waals surface area contributed by atoms with E-state index < -0.39 is 0 Å². The molecule has 0 amide bonds. The third-order valence-electron chi connectivity index (χ3n) is 1.72. The molecule has 0 aliphatic rings. The van der Waals surface area contributed by atoms with E-state index in [1.54, 1.807) is 12.4 Å². The Bertz CT molecular complexity index is 380. The fourth-order valence-corrected chi connectivity index (χ4v) is 1.05. The van der Waals surface area contributed by atoms with Crippen LogP contribution in [0.1, 0.15) is 5.56 Å². The van der Waals surface area contributed by atoms with Crippen molar-refractivity contribution in [2.45, 2.75) is 0 Å². The molecule has 2 rings (SSSR count). The normalized spacial score (nSPS) is 8.71. The Labute approximate surface area is 128 Å². The molecule has 2 aromatic rings. The van der Waals surface area contributed by atoms with E-state index in [9.17, 15) is 0 Å². The number of halogens is 2. The van der Waals surface area contributed by atoms with Gasteiger partial charge in [-0.25, -0.2) is 4.98 Å². The number of nitrogens with zero attached hydrogens (tertiary/aromatic N) is 2. The molecule has 0 atom stereocenters. The van der Waals surface area contributed by atoms with Crippen LogP contribution in [0.4, 0.5) is 5.82 Å². The molecule has 0 fully saturated rings. The number of benzene rings is 1. The monoisotopic (exact) mass is 301 g/mol. The van der Waals surface area contributed by atoms with E-state index in [-0.39, 0.29) is 46.5 Å². The van der Waals surface area contributed by atoms with Crippen molar-refractivity contribution in [2.24, 2.45) is 4.99 Å². The second-order valence-corrected chi connectivity index (χ2v) is 2.76. The van der Waals surface area contributed by atoms with Crippen LogP contribution in [-0.2, 0) is 21.7 Å². The van der Waals surface area contributed by atoms with E-state index in [1.807, 2.05) is 42.5 Å². The molecule has 17 heavy (non-hydrogen) atoms. The standard InChI is InChI=1S/C12H9N2.2ClH.Ti/c1-2-6-11(7-3-1)10-14-12-8-4-5-9-13-12;;;/h1-6,8-10H;2*1H;/q-1;;;. The van der Waals surface area contributed by atoms with Crippen molar-refractivity contribution in [2.75, 3.05) is 0 Å². The largest absolute Gasteiger partial charge is 0.287 e. The minimum atomic E-state index is 0. The van der Waals surface area contributed by atoms with Crippen molar-refractivity contribution < 1.29 is 21.7 Å². The van der Waals surface area contributed by atoms with E-state index in [2.05, 4.69) is 16.0 Å². The summed E-state index contributed by atoms with van der Waals surface area (Å²) in [6.45, 7) is 0. The Hall–Kier alpha value is -0.666.